The van der Waals surface area contributed by atoms with E-state index in [9.17, 15) is 8.78 Å². The van der Waals surface area contributed by atoms with Gasteiger partial charge in [-0.05, 0) is 70.0 Å². The minimum Gasteiger partial charge on any atom is -0.243 e. The van der Waals surface area contributed by atoms with Gasteiger partial charge in [0.05, 0.1) is 11.4 Å². The Labute approximate surface area is 121 Å². The van der Waals surface area contributed by atoms with E-state index in [4.69, 9.17) is 0 Å². The van der Waals surface area contributed by atoms with Gasteiger partial charge in [-0.25, -0.2) is 18.7 Å². The predicted octanol–water partition coefficient (Wildman–Crippen LogP) is 4.58. The number of halogens is 4. The summed E-state index contributed by atoms with van der Waals surface area (Å²) in [6.45, 7) is 3.25. The van der Waals surface area contributed by atoms with Crippen LogP contribution in [0.2, 0.25) is 0 Å². The zero-order valence-corrected chi connectivity index (χ0v) is 12.9. The van der Waals surface area contributed by atoms with Crippen molar-refractivity contribution in [3.63, 3.8) is 0 Å². The summed E-state index contributed by atoms with van der Waals surface area (Å²) in [6.07, 6.45) is 0. The van der Waals surface area contributed by atoms with Gasteiger partial charge in [0.25, 0.3) is 0 Å². The largest absolute Gasteiger partial charge is 0.243 e. The first-order chi connectivity index (χ1) is 8.40. The molecule has 0 unspecified atom stereocenters. The highest BCUT2D eigenvalue weighted by Gasteiger charge is 1.96. The molecule has 0 N–H and O–H groups in total. The van der Waals surface area contributed by atoms with Crippen molar-refractivity contribution in [2.45, 2.75) is 13.8 Å². The highest BCUT2D eigenvalue weighted by Crippen LogP contribution is 2.09. The lowest BCUT2D eigenvalue weighted by atomic mass is 10.4. The summed E-state index contributed by atoms with van der Waals surface area (Å²) in [5.41, 5.74) is 0.841. The predicted molar refractivity (Wildman–Crippen MR) is 73.3 cm³/mol. The first kappa shape index (κ1) is 15.2. The van der Waals surface area contributed by atoms with Crippen LogP contribution < -0.4 is 0 Å². The average molecular weight is 380 g/mol. The molecule has 0 spiro atoms. The van der Waals surface area contributed by atoms with E-state index in [0.717, 1.165) is 0 Å². The second-order valence-corrected chi connectivity index (χ2v) is 5.03. The molecule has 18 heavy (non-hydrogen) atoms. The number of hydrogen-bond acceptors (Lipinski definition) is 2. The van der Waals surface area contributed by atoms with Crippen molar-refractivity contribution in [2.75, 3.05) is 0 Å². The molecule has 0 amide bonds. The lowest BCUT2D eigenvalue weighted by Crippen LogP contribution is -1.85. The van der Waals surface area contributed by atoms with Gasteiger partial charge in [-0.15, -0.1) is 0 Å². The quantitative estimate of drug-likeness (QED) is 0.626. The van der Waals surface area contributed by atoms with E-state index in [-0.39, 0.29) is 11.6 Å². The standard InChI is InChI=1S/2C6H5BrFN/c2*1-4-5(8)2-3-6(7)9-4/h2*2-3H,1H3. The zero-order valence-electron chi connectivity index (χ0n) is 9.72. The maximum absolute atomic E-state index is 12.4. The Bertz CT molecular complexity index is 498. The van der Waals surface area contributed by atoms with Crippen molar-refractivity contribution in [3.8, 4) is 0 Å². The number of hydrogen-bond donors (Lipinski definition) is 0. The minimum absolute atomic E-state index is 0.266. The van der Waals surface area contributed by atoms with E-state index in [1.165, 1.54) is 12.1 Å². The molecule has 96 valence electrons. The van der Waals surface area contributed by atoms with Gasteiger partial charge in [-0.3, -0.25) is 0 Å². The second kappa shape index (κ2) is 6.89. The first-order valence-corrected chi connectivity index (χ1v) is 6.56. The third kappa shape index (κ3) is 4.78. The Morgan fingerprint density at radius 2 is 1.11 bits per heavy atom. The second-order valence-electron chi connectivity index (χ2n) is 3.40. The van der Waals surface area contributed by atoms with Crippen LogP contribution in [-0.4, -0.2) is 9.97 Å². The van der Waals surface area contributed by atoms with Crippen LogP contribution in [0, 0.1) is 25.5 Å². The molecular weight excluding hydrogens is 370 g/mol. The fourth-order valence-electron chi connectivity index (χ4n) is 1.03. The number of nitrogens with zero attached hydrogens (tertiary/aromatic N) is 2. The molecule has 0 fully saturated rings. The maximum atomic E-state index is 12.4. The van der Waals surface area contributed by atoms with Gasteiger partial charge in [-0.1, -0.05) is 0 Å². The summed E-state index contributed by atoms with van der Waals surface area (Å²) in [5.74, 6) is -0.531. The topological polar surface area (TPSA) is 25.8 Å². The third-order valence-corrected chi connectivity index (χ3v) is 2.86. The molecule has 0 saturated heterocycles. The lowest BCUT2D eigenvalue weighted by Gasteiger charge is -1.92. The Morgan fingerprint density at radius 3 is 1.33 bits per heavy atom. The SMILES string of the molecule is Cc1nc(Br)ccc1F.Cc1nc(Br)ccc1F. The normalized spacial score (nSPS) is 9.67. The number of pyridine rings is 2. The fraction of sp³-hybridized carbons (Fsp3) is 0.167. The zero-order chi connectivity index (χ0) is 13.7. The van der Waals surface area contributed by atoms with Gasteiger partial charge in [0.1, 0.15) is 20.8 Å². The average Bonchev–Trinajstić information content (AvgIpc) is 2.30. The van der Waals surface area contributed by atoms with E-state index < -0.39 is 0 Å². The molecule has 0 bridgehead atoms. The van der Waals surface area contributed by atoms with Crippen LogP contribution in [0.5, 0.6) is 0 Å². The van der Waals surface area contributed by atoms with E-state index in [2.05, 4.69) is 41.8 Å². The monoisotopic (exact) mass is 378 g/mol. The molecule has 2 aromatic rings. The molecule has 6 heteroatoms. The Balaban J connectivity index is 0.000000180. The molecule has 0 aliphatic heterocycles. The molecule has 2 rings (SSSR count). The first-order valence-electron chi connectivity index (χ1n) is 4.97. The highest BCUT2D eigenvalue weighted by atomic mass is 79.9. The van der Waals surface area contributed by atoms with Gasteiger partial charge in [-0.2, -0.15) is 0 Å². The maximum Gasteiger partial charge on any atom is 0.144 e. The number of aromatic nitrogens is 2. The summed E-state index contributed by atoms with van der Waals surface area (Å²) in [7, 11) is 0. The minimum atomic E-state index is -0.266. The van der Waals surface area contributed by atoms with Crippen LogP contribution in [0.1, 0.15) is 11.4 Å². The van der Waals surface area contributed by atoms with Crippen LogP contribution in [0.25, 0.3) is 0 Å². The summed E-state index contributed by atoms with van der Waals surface area (Å²) in [6, 6.07) is 5.91. The van der Waals surface area contributed by atoms with Crippen molar-refractivity contribution in [3.05, 3.63) is 56.5 Å². The summed E-state index contributed by atoms with van der Waals surface area (Å²) in [5, 5.41) is 0. The molecule has 0 aromatic carbocycles. The molecule has 2 nitrogen and oxygen atoms in total. The van der Waals surface area contributed by atoms with Gasteiger partial charge in [0.15, 0.2) is 0 Å². The summed E-state index contributed by atoms with van der Waals surface area (Å²) < 4.78 is 26.2. The van der Waals surface area contributed by atoms with Crippen LogP contribution in [0.3, 0.4) is 0 Å². The third-order valence-electron chi connectivity index (χ3n) is 1.97. The smallest absolute Gasteiger partial charge is 0.144 e. The van der Waals surface area contributed by atoms with E-state index >= 15 is 0 Å². The van der Waals surface area contributed by atoms with Gasteiger partial charge >= 0.3 is 0 Å². The number of rotatable bonds is 0. The van der Waals surface area contributed by atoms with Crippen LogP contribution in [0.4, 0.5) is 8.78 Å². The van der Waals surface area contributed by atoms with Gasteiger partial charge in [0.2, 0.25) is 0 Å². The van der Waals surface area contributed by atoms with Crippen LogP contribution >= 0.6 is 31.9 Å². The van der Waals surface area contributed by atoms with Crippen molar-refractivity contribution in [1.29, 1.82) is 0 Å². The highest BCUT2D eigenvalue weighted by molar-refractivity contribution is 9.10. The molecule has 0 aliphatic rings. The van der Waals surface area contributed by atoms with E-state index in [1.54, 1.807) is 26.0 Å². The molecule has 0 atom stereocenters. The molecule has 2 heterocycles. The molecular formula is C12H10Br2F2N2. The molecule has 2 aromatic heterocycles. The lowest BCUT2D eigenvalue weighted by molar-refractivity contribution is 0.608. The Hall–Kier alpha value is -0.880. The van der Waals surface area contributed by atoms with Gasteiger partial charge < -0.3 is 0 Å². The van der Waals surface area contributed by atoms with Crippen molar-refractivity contribution in [2.24, 2.45) is 0 Å². The van der Waals surface area contributed by atoms with Crippen LogP contribution in [0.15, 0.2) is 33.5 Å². The Morgan fingerprint density at radius 1 is 0.778 bits per heavy atom. The van der Waals surface area contributed by atoms with Crippen molar-refractivity contribution >= 4 is 31.9 Å². The van der Waals surface area contributed by atoms with Gasteiger partial charge in [0, 0.05) is 0 Å². The Kier molecular flexibility index (Phi) is 5.81. The van der Waals surface area contributed by atoms with Crippen LogP contribution in [-0.2, 0) is 0 Å². The summed E-state index contributed by atoms with van der Waals surface area (Å²) in [4.78, 5) is 7.63. The summed E-state index contributed by atoms with van der Waals surface area (Å²) >= 11 is 6.24. The number of aryl methyl sites for hydroxylation is 2. The van der Waals surface area contributed by atoms with E-state index in [0.29, 0.717) is 20.6 Å². The fourth-order valence-corrected chi connectivity index (χ4v) is 1.82. The van der Waals surface area contributed by atoms with Crippen molar-refractivity contribution in [1.82, 2.24) is 9.97 Å². The van der Waals surface area contributed by atoms with E-state index in [1.807, 2.05) is 0 Å². The molecule has 0 saturated carbocycles. The molecule has 0 aliphatic carbocycles. The molecule has 0 radical (unpaired) electrons. The van der Waals surface area contributed by atoms with Crippen molar-refractivity contribution < 1.29 is 8.78 Å².